The quantitative estimate of drug-likeness (QED) is 0.788. The fourth-order valence-electron chi connectivity index (χ4n) is 1.62. The summed E-state index contributed by atoms with van der Waals surface area (Å²) in [6.45, 7) is 5.67. The van der Waals surface area contributed by atoms with Crippen molar-refractivity contribution in [3.05, 3.63) is 40.6 Å². The topological polar surface area (TPSA) is 48.0 Å². The minimum absolute atomic E-state index is 0.0671. The zero-order chi connectivity index (χ0) is 12.6. The van der Waals surface area contributed by atoms with Gasteiger partial charge in [0.05, 0.1) is 11.2 Å². The van der Waals surface area contributed by atoms with Crippen LogP contribution in [0.2, 0.25) is 5.02 Å². The lowest BCUT2D eigenvalue weighted by molar-refractivity contribution is 0.0996. The van der Waals surface area contributed by atoms with Crippen molar-refractivity contribution >= 4 is 17.4 Å². The van der Waals surface area contributed by atoms with E-state index in [4.69, 9.17) is 16.0 Å². The van der Waals surface area contributed by atoms with Gasteiger partial charge in [0, 0.05) is 6.04 Å². The fourth-order valence-corrected chi connectivity index (χ4v) is 1.83. The summed E-state index contributed by atoms with van der Waals surface area (Å²) in [7, 11) is 0. The number of hydrogen-bond donors (Lipinski definition) is 0. The Balaban J connectivity index is 2.47. The van der Waals surface area contributed by atoms with Gasteiger partial charge in [-0.1, -0.05) is 11.6 Å². The highest BCUT2D eigenvalue weighted by Crippen LogP contribution is 2.22. The smallest absolute Gasteiger partial charge is 0.247 e. The zero-order valence-electron chi connectivity index (χ0n) is 9.90. The molecule has 2 rings (SSSR count). The Bertz CT molecular complexity index is 555. The molecule has 4 nitrogen and oxygen atoms in total. The molecule has 0 fully saturated rings. The third kappa shape index (κ3) is 2.13. The van der Waals surface area contributed by atoms with E-state index in [1.54, 1.807) is 23.7 Å². The first-order valence-electron chi connectivity index (χ1n) is 5.35. The average Bonchev–Trinajstić information content (AvgIpc) is 2.83. The minimum atomic E-state index is -0.241. The first-order chi connectivity index (χ1) is 8.00. The van der Waals surface area contributed by atoms with Crippen LogP contribution in [0.1, 0.15) is 41.9 Å². The Labute approximate surface area is 104 Å². The molecule has 0 aliphatic carbocycles. The second-order valence-electron chi connectivity index (χ2n) is 4.12. The van der Waals surface area contributed by atoms with E-state index in [1.807, 2.05) is 13.8 Å². The SMILES string of the molecule is Cc1ccc(C(=O)c2c(Cl)cnn2C(C)C)o1. The summed E-state index contributed by atoms with van der Waals surface area (Å²) >= 11 is 5.99. The molecular formula is C12H13ClN2O2. The van der Waals surface area contributed by atoms with E-state index >= 15 is 0 Å². The third-order valence-electron chi connectivity index (χ3n) is 2.42. The van der Waals surface area contributed by atoms with Gasteiger partial charge in [-0.2, -0.15) is 5.10 Å². The number of hydrogen-bond acceptors (Lipinski definition) is 3. The molecule has 0 radical (unpaired) electrons. The molecule has 17 heavy (non-hydrogen) atoms. The zero-order valence-corrected chi connectivity index (χ0v) is 10.7. The maximum absolute atomic E-state index is 12.2. The van der Waals surface area contributed by atoms with E-state index in [-0.39, 0.29) is 17.6 Å². The minimum Gasteiger partial charge on any atom is -0.458 e. The van der Waals surface area contributed by atoms with E-state index in [1.165, 1.54) is 6.20 Å². The van der Waals surface area contributed by atoms with E-state index in [0.717, 1.165) is 0 Å². The lowest BCUT2D eigenvalue weighted by Crippen LogP contribution is -2.13. The van der Waals surface area contributed by atoms with Crippen LogP contribution in [0.3, 0.4) is 0 Å². The molecule has 2 aromatic heterocycles. The predicted octanol–water partition coefficient (Wildman–Crippen LogP) is 3.25. The summed E-state index contributed by atoms with van der Waals surface area (Å²) in [6.07, 6.45) is 1.48. The lowest BCUT2D eigenvalue weighted by Gasteiger charge is -2.09. The Morgan fingerprint density at radius 1 is 1.47 bits per heavy atom. The molecule has 0 aliphatic heterocycles. The maximum atomic E-state index is 12.2. The van der Waals surface area contributed by atoms with Crippen LogP contribution in [0.15, 0.2) is 22.7 Å². The van der Waals surface area contributed by atoms with Gasteiger partial charge in [0.2, 0.25) is 5.78 Å². The molecular weight excluding hydrogens is 240 g/mol. The van der Waals surface area contributed by atoms with Crippen LogP contribution in [-0.2, 0) is 0 Å². The van der Waals surface area contributed by atoms with Gasteiger partial charge >= 0.3 is 0 Å². The molecule has 5 heteroatoms. The molecule has 0 aliphatic rings. The van der Waals surface area contributed by atoms with Crippen molar-refractivity contribution in [3.63, 3.8) is 0 Å². The van der Waals surface area contributed by atoms with Gasteiger partial charge in [-0.25, -0.2) is 0 Å². The summed E-state index contributed by atoms with van der Waals surface area (Å²) in [4.78, 5) is 12.2. The Morgan fingerprint density at radius 3 is 2.71 bits per heavy atom. The van der Waals surface area contributed by atoms with Crippen LogP contribution < -0.4 is 0 Å². The number of furan rings is 1. The molecule has 0 unspecified atom stereocenters. The van der Waals surface area contributed by atoms with Crippen LogP contribution in [0.25, 0.3) is 0 Å². The van der Waals surface area contributed by atoms with Crippen LogP contribution in [0.5, 0.6) is 0 Å². The predicted molar refractivity (Wildman–Crippen MR) is 64.5 cm³/mol. The van der Waals surface area contributed by atoms with Gasteiger partial charge in [-0.15, -0.1) is 0 Å². The molecule has 0 aromatic carbocycles. The van der Waals surface area contributed by atoms with Crippen molar-refractivity contribution in [2.75, 3.05) is 0 Å². The second-order valence-corrected chi connectivity index (χ2v) is 4.53. The lowest BCUT2D eigenvalue weighted by atomic mass is 10.2. The number of aryl methyl sites for hydroxylation is 1. The Morgan fingerprint density at radius 2 is 2.18 bits per heavy atom. The monoisotopic (exact) mass is 252 g/mol. The summed E-state index contributed by atoms with van der Waals surface area (Å²) in [5.41, 5.74) is 0.371. The normalized spacial score (nSPS) is 11.1. The highest BCUT2D eigenvalue weighted by molar-refractivity contribution is 6.34. The first-order valence-corrected chi connectivity index (χ1v) is 5.72. The molecule has 0 spiro atoms. The fraction of sp³-hybridized carbons (Fsp3) is 0.333. The molecule has 0 amide bonds. The van der Waals surface area contributed by atoms with Crippen molar-refractivity contribution in [1.82, 2.24) is 9.78 Å². The second kappa shape index (κ2) is 4.37. The van der Waals surface area contributed by atoms with Gasteiger partial charge in [-0.3, -0.25) is 9.48 Å². The van der Waals surface area contributed by atoms with E-state index in [2.05, 4.69) is 5.10 Å². The molecule has 0 saturated carbocycles. The van der Waals surface area contributed by atoms with E-state index in [0.29, 0.717) is 16.5 Å². The third-order valence-corrected chi connectivity index (χ3v) is 2.70. The van der Waals surface area contributed by atoms with Crippen LogP contribution in [-0.4, -0.2) is 15.6 Å². The largest absolute Gasteiger partial charge is 0.458 e. The number of carbonyl (C=O) groups excluding carboxylic acids is 1. The molecule has 0 bridgehead atoms. The number of rotatable bonds is 3. The Hall–Kier alpha value is -1.55. The van der Waals surface area contributed by atoms with Gasteiger partial charge in [0.25, 0.3) is 0 Å². The molecule has 0 atom stereocenters. The number of nitrogens with zero attached hydrogens (tertiary/aromatic N) is 2. The summed E-state index contributed by atoms with van der Waals surface area (Å²) < 4.78 is 6.91. The van der Waals surface area contributed by atoms with Crippen molar-refractivity contribution in [1.29, 1.82) is 0 Å². The van der Waals surface area contributed by atoms with E-state index < -0.39 is 0 Å². The molecule has 2 aromatic rings. The van der Waals surface area contributed by atoms with Crippen LogP contribution in [0.4, 0.5) is 0 Å². The molecule has 2 heterocycles. The van der Waals surface area contributed by atoms with Gasteiger partial charge in [-0.05, 0) is 32.9 Å². The first kappa shape index (κ1) is 11.9. The number of halogens is 1. The maximum Gasteiger partial charge on any atom is 0.247 e. The van der Waals surface area contributed by atoms with Gasteiger partial charge in [0.1, 0.15) is 11.5 Å². The van der Waals surface area contributed by atoms with Crippen LogP contribution >= 0.6 is 11.6 Å². The molecule has 0 N–H and O–H groups in total. The summed E-state index contributed by atoms with van der Waals surface area (Å²) in [5, 5.41) is 4.44. The molecule has 0 saturated heterocycles. The van der Waals surface area contributed by atoms with Crippen molar-refractivity contribution in [3.8, 4) is 0 Å². The highest BCUT2D eigenvalue weighted by atomic mass is 35.5. The Kier molecular flexibility index (Phi) is 3.07. The molecule has 90 valence electrons. The van der Waals surface area contributed by atoms with E-state index in [9.17, 15) is 4.79 Å². The number of carbonyl (C=O) groups is 1. The summed E-state index contributed by atoms with van der Waals surface area (Å²) in [5.74, 6) is 0.737. The number of aromatic nitrogens is 2. The average molecular weight is 253 g/mol. The standard InChI is InChI=1S/C12H13ClN2O2/c1-7(2)15-11(9(13)6-14-15)12(16)10-5-4-8(3)17-10/h4-7H,1-3H3. The van der Waals surface area contributed by atoms with Crippen molar-refractivity contribution < 1.29 is 9.21 Å². The highest BCUT2D eigenvalue weighted by Gasteiger charge is 2.22. The number of ketones is 1. The summed E-state index contributed by atoms with van der Waals surface area (Å²) in [6, 6.07) is 3.46. The van der Waals surface area contributed by atoms with Crippen molar-refractivity contribution in [2.24, 2.45) is 0 Å². The van der Waals surface area contributed by atoms with Gasteiger partial charge < -0.3 is 4.42 Å². The van der Waals surface area contributed by atoms with Gasteiger partial charge in [0.15, 0.2) is 5.76 Å². The van der Waals surface area contributed by atoms with Crippen molar-refractivity contribution in [2.45, 2.75) is 26.8 Å². The van der Waals surface area contributed by atoms with Crippen LogP contribution in [0, 0.1) is 6.92 Å².